The highest BCUT2D eigenvalue weighted by Crippen LogP contribution is 2.50. The van der Waals surface area contributed by atoms with Crippen LogP contribution < -0.4 is 5.32 Å². The Hall–Kier alpha value is -0.950. The van der Waals surface area contributed by atoms with Crippen LogP contribution in [0, 0.1) is 5.92 Å². The first-order valence-corrected chi connectivity index (χ1v) is 8.51. The Balaban J connectivity index is 1.52. The van der Waals surface area contributed by atoms with E-state index in [0.717, 1.165) is 38.2 Å². The normalized spacial score (nSPS) is 27.2. The number of hydrogen-bond acceptors (Lipinski definition) is 5. The lowest BCUT2D eigenvalue weighted by Gasteiger charge is -2.33. The number of piperazine rings is 1. The Morgan fingerprint density at radius 3 is 2.90 bits per heavy atom. The summed E-state index contributed by atoms with van der Waals surface area (Å²) in [4.78, 5) is 15.8. The molecule has 1 unspecified atom stereocenters. The summed E-state index contributed by atoms with van der Waals surface area (Å²) in [5, 5.41) is 5.37. The van der Waals surface area contributed by atoms with Crippen molar-refractivity contribution in [1.82, 2.24) is 10.2 Å². The molecule has 21 heavy (non-hydrogen) atoms. The van der Waals surface area contributed by atoms with E-state index in [1.54, 1.807) is 11.3 Å². The molecule has 1 spiro atoms. The fourth-order valence-electron chi connectivity index (χ4n) is 3.67. The Bertz CT molecular complexity index is 533. The third kappa shape index (κ3) is 2.21. The van der Waals surface area contributed by atoms with Gasteiger partial charge in [-0.3, -0.25) is 4.79 Å². The molecule has 4 rings (SSSR count). The van der Waals surface area contributed by atoms with Crippen molar-refractivity contribution < 1.29 is 14.3 Å². The molecular weight excluding hydrogens is 288 g/mol. The van der Waals surface area contributed by atoms with Gasteiger partial charge in [-0.2, -0.15) is 0 Å². The van der Waals surface area contributed by atoms with E-state index in [4.69, 9.17) is 9.47 Å². The van der Waals surface area contributed by atoms with E-state index in [1.807, 2.05) is 4.90 Å². The molecule has 2 saturated heterocycles. The average molecular weight is 308 g/mol. The van der Waals surface area contributed by atoms with Crippen LogP contribution in [0.3, 0.4) is 0 Å². The highest BCUT2D eigenvalue weighted by Gasteiger charge is 2.53. The Morgan fingerprint density at radius 2 is 2.14 bits per heavy atom. The zero-order valence-electron chi connectivity index (χ0n) is 12.0. The van der Waals surface area contributed by atoms with Gasteiger partial charge in [-0.05, 0) is 17.9 Å². The molecular formula is C15H20N2O3S. The zero-order chi connectivity index (χ0) is 14.3. The summed E-state index contributed by atoms with van der Waals surface area (Å²) in [5.74, 6) is -0.307. The molecule has 1 aromatic rings. The lowest BCUT2D eigenvalue weighted by Crippen LogP contribution is -2.47. The summed E-state index contributed by atoms with van der Waals surface area (Å²) in [7, 11) is 0. The number of hydrogen-bond donors (Lipinski definition) is 1. The topological polar surface area (TPSA) is 50.8 Å². The third-order valence-electron chi connectivity index (χ3n) is 4.70. The van der Waals surface area contributed by atoms with Crippen LogP contribution in [0.1, 0.15) is 16.9 Å². The van der Waals surface area contributed by atoms with E-state index in [0.29, 0.717) is 19.6 Å². The van der Waals surface area contributed by atoms with Gasteiger partial charge in [0.15, 0.2) is 5.79 Å². The van der Waals surface area contributed by atoms with Crippen molar-refractivity contribution in [3.63, 3.8) is 0 Å². The quantitative estimate of drug-likeness (QED) is 0.883. The molecule has 3 aliphatic rings. The number of carbonyl (C=O) groups is 1. The molecule has 0 radical (unpaired) electrons. The largest absolute Gasteiger partial charge is 0.343 e. The van der Waals surface area contributed by atoms with Gasteiger partial charge in [0.05, 0.1) is 13.2 Å². The summed E-state index contributed by atoms with van der Waals surface area (Å²) in [5.41, 5.74) is 1.16. The van der Waals surface area contributed by atoms with E-state index < -0.39 is 5.79 Å². The van der Waals surface area contributed by atoms with E-state index in [2.05, 4.69) is 16.8 Å². The van der Waals surface area contributed by atoms with E-state index in [9.17, 15) is 4.79 Å². The first-order valence-electron chi connectivity index (χ1n) is 7.63. The van der Waals surface area contributed by atoms with Gasteiger partial charge in [0.2, 0.25) is 5.91 Å². The summed E-state index contributed by atoms with van der Waals surface area (Å²) < 4.78 is 12.0. The van der Waals surface area contributed by atoms with Crippen molar-refractivity contribution in [2.45, 2.75) is 18.6 Å². The van der Waals surface area contributed by atoms with Gasteiger partial charge in [-0.15, -0.1) is 11.3 Å². The van der Waals surface area contributed by atoms with E-state index in [1.165, 1.54) is 4.88 Å². The molecule has 114 valence electrons. The first kappa shape index (κ1) is 13.7. The number of amides is 1. The molecule has 1 amide bonds. The van der Waals surface area contributed by atoms with Crippen LogP contribution >= 0.6 is 11.3 Å². The van der Waals surface area contributed by atoms with Crippen LogP contribution in [0.5, 0.6) is 0 Å². The minimum Gasteiger partial charge on any atom is -0.343 e. The van der Waals surface area contributed by atoms with Crippen molar-refractivity contribution in [1.29, 1.82) is 0 Å². The molecule has 0 saturated carbocycles. The molecule has 1 atom stereocenters. The summed E-state index contributed by atoms with van der Waals surface area (Å²) >= 11 is 1.74. The first-order chi connectivity index (χ1) is 10.3. The number of ether oxygens (including phenoxy) is 2. The second kappa shape index (κ2) is 5.35. The lowest BCUT2D eigenvalue weighted by molar-refractivity contribution is -0.200. The van der Waals surface area contributed by atoms with Crippen LogP contribution in [0.15, 0.2) is 11.4 Å². The molecule has 1 aromatic heterocycles. The molecule has 0 bridgehead atoms. The summed E-state index contributed by atoms with van der Waals surface area (Å²) in [6, 6.07) is 2.10. The lowest BCUT2D eigenvalue weighted by atomic mass is 9.94. The summed E-state index contributed by atoms with van der Waals surface area (Å²) in [6.07, 6.45) is 1.41. The minimum absolute atomic E-state index is 0.116. The van der Waals surface area contributed by atoms with Gasteiger partial charge in [0.25, 0.3) is 0 Å². The fraction of sp³-hybridized carbons (Fsp3) is 0.667. The fourth-order valence-corrected chi connectivity index (χ4v) is 4.67. The van der Waals surface area contributed by atoms with Crippen molar-refractivity contribution in [2.24, 2.45) is 5.92 Å². The predicted octanol–water partition coefficient (Wildman–Crippen LogP) is 0.942. The van der Waals surface area contributed by atoms with Gasteiger partial charge < -0.3 is 19.7 Å². The van der Waals surface area contributed by atoms with Gasteiger partial charge in [-0.1, -0.05) is 0 Å². The maximum atomic E-state index is 12.6. The zero-order valence-corrected chi connectivity index (χ0v) is 12.8. The molecule has 5 nitrogen and oxygen atoms in total. The monoisotopic (exact) mass is 308 g/mol. The maximum absolute atomic E-state index is 12.6. The molecule has 6 heteroatoms. The predicted molar refractivity (Wildman–Crippen MR) is 79.2 cm³/mol. The number of thiophene rings is 1. The van der Waals surface area contributed by atoms with Crippen molar-refractivity contribution in [3.05, 3.63) is 21.9 Å². The van der Waals surface area contributed by atoms with Crippen LogP contribution in [-0.4, -0.2) is 50.2 Å². The number of rotatable bonds is 2. The standard InChI is InChI=1S/C15H20N2O3S/c18-14(17-4-2-16-3-5-17)10-11-9-13-12(1-8-21-13)15(11)19-6-7-20-15/h1,8,11,16H,2-7,9-10H2. The molecule has 1 N–H and O–H groups in total. The number of carbonyl (C=O) groups excluding carboxylic acids is 1. The molecule has 2 fully saturated rings. The number of nitrogens with zero attached hydrogens (tertiary/aromatic N) is 1. The van der Waals surface area contributed by atoms with Crippen LogP contribution in [0.25, 0.3) is 0 Å². The summed E-state index contributed by atoms with van der Waals surface area (Å²) in [6.45, 7) is 4.63. The van der Waals surface area contributed by atoms with Gasteiger partial charge >= 0.3 is 0 Å². The highest BCUT2D eigenvalue weighted by atomic mass is 32.1. The molecule has 1 aliphatic carbocycles. The van der Waals surface area contributed by atoms with Crippen molar-refractivity contribution in [3.8, 4) is 0 Å². The third-order valence-corrected chi connectivity index (χ3v) is 5.64. The number of fused-ring (bicyclic) bond motifs is 2. The van der Waals surface area contributed by atoms with Gasteiger partial charge in [0, 0.05) is 49.0 Å². The Morgan fingerprint density at radius 1 is 1.38 bits per heavy atom. The second-order valence-electron chi connectivity index (χ2n) is 5.86. The smallest absolute Gasteiger partial charge is 0.223 e. The van der Waals surface area contributed by atoms with Crippen molar-refractivity contribution >= 4 is 17.2 Å². The Kier molecular flexibility index (Phi) is 3.49. The van der Waals surface area contributed by atoms with Crippen molar-refractivity contribution in [2.75, 3.05) is 39.4 Å². The van der Waals surface area contributed by atoms with Gasteiger partial charge in [0.1, 0.15) is 0 Å². The molecule has 0 aromatic carbocycles. The molecule has 3 heterocycles. The van der Waals surface area contributed by atoms with Crippen LogP contribution in [0.4, 0.5) is 0 Å². The Labute approximate surface area is 128 Å². The average Bonchev–Trinajstić information content (AvgIpc) is 3.21. The van der Waals surface area contributed by atoms with Crippen LogP contribution in [-0.2, 0) is 26.5 Å². The van der Waals surface area contributed by atoms with E-state index in [-0.39, 0.29) is 11.8 Å². The SMILES string of the molecule is O=C(CC1Cc2sccc2C12OCCO2)N1CCNCC1. The van der Waals surface area contributed by atoms with E-state index >= 15 is 0 Å². The molecule has 2 aliphatic heterocycles. The van der Waals surface area contributed by atoms with Crippen LogP contribution in [0.2, 0.25) is 0 Å². The maximum Gasteiger partial charge on any atom is 0.223 e. The van der Waals surface area contributed by atoms with Gasteiger partial charge in [-0.25, -0.2) is 0 Å². The highest BCUT2D eigenvalue weighted by molar-refractivity contribution is 7.10. The second-order valence-corrected chi connectivity index (χ2v) is 6.86. The number of nitrogens with one attached hydrogen (secondary N) is 1. The minimum atomic E-state index is -0.654.